The number of nitriles is 1. The van der Waals surface area contributed by atoms with Crippen molar-refractivity contribution in [2.24, 2.45) is 0 Å². The van der Waals surface area contributed by atoms with E-state index in [1.54, 1.807) is 18.2 Å². The first-order valence-corrected chi connectivity index (χ1v) is 5.47. The molecule has 0 spiro atoms. The molecule has 1 aromatic carbocycles. The Morgan fingerprint density at radius 1 is 1.37 bits per heavy atom. The second kappa shape index (κ2) is 5.19. The van der Waals surface area contributed by atoms with Gasteiger partial charge < -0.3 is 9.84 Å². The Labute approximate surface area is 109 Å². The van der Waals surface area contributed by atoms with Gasteiger partial charge in [-0.05, 0) is 24.6 Å². The molecular weight excluding hydrogens is 244 g/mol. The summed E-state index contributed by atoms with van der Waals surface area (Å²) in [6.07, 6.45) is 2.67. The maximum atomic E-state index is 11.0. The fourth-order valence-corrected chi connectivity index (χ4v) is 1.53. The van der Waals surface area contributed by atoms with Gasteiger partial charge >= 0.3 is 5.97 Å². The van der Waals surface area contributed by atoms with Crippen LogP contribution < -0.4 is 4.74 Å². The quantitative estimate of drug-likeness (QED) is 0.910. The molecule has 0 unspecified atom stereocenters. The van der Waals surface area contributed by atoms with Crippen molar-refractivity contribution in [3.8, 4) is 17.6 Å². The van der Waals surface area contributed by atoms with Crippen LogP contribution in [0.15, 0.2) is 36.7 Å². The van der Waals surface area contributed by atoms with Crippen LogP contribution in [-0.2, 0) is 0 Å². The molecule has 94 valence electrons. The van der Waals surface area contributed by atoms with E-state index in [0.29, 0.717) is 11.3 Å². The summed E-state index contributed by atoms with van der Waals surface area (Å²) in [7, 11) is 0. The van der Waals surface area contributed by atoms with Gasteiger partial charge in [0.25, 0.3) is 0 Å². The normalized spacial score (nSPS) is 9.68. The minimum atomic E-state index is -1.11. The largest absolute Gasteiger partial charge is 0.477 e. The number of aryl methyl sites for hydroxylation is 1. The molecule has 0 amide bonds. The summed E-state index contributed by atoms with van der Waals surface area (Å²) >= 11 is 0. The Balaban J connectivity index is 2.42. The number of pyridine rings is 1. The average Bonchev–Trinajstić information content (AvgIpc) is 2.41. The summed E-state index contributed by atoms with van der Waals surface area (Å²) in [6.45, 7) is 1.82. The Morgan fingerprint density at radius 3 is 2.84 bits per heavy atom. The van der Waals surface area contributed by atoms with Gasteiger partial charge in [0, 0.05) is 18.5 Å². The van der Waals surface area contributed by atoms with Crippen molar-refractivity contribution in [2.75, 3.05) is 0 Å². The van der Waals surface area contributed by atoms with E-state index in [-0.39, 0.29) is 11.3 Å². The molecule has 0 radical (unpaired) electrons. The van der Waals surface area contributed by atoms with Crippen LogP contribution in [0.1, 0.15) is 21.5 Å². The predicted molar refractivity (Wildman–Crippen MR) is 67.2 cm³/mol. The number of carboxylic acid groups (broad SMARTS) is 1. The second-order valence-electron chi connectivity index (χ2n) is 3.87. The lowest BCUT2D eigenvalue weighted by atomic mass is 10.1. The molecule has 5 heteroatoms. The minimum absolute atomic E-state index is 0.0238. The van der Waals surface area contributed by atoms with Gasteiger partial charge in [0.15, 0.2) is 0 Å². The zero-order valence-corrected chi connectivity index (χ0v) is 10.1. The van der Waals surface area contributed by atoms with Crippen molar-refractivity contribution in [1.82, 2.24) is 4.98 Å². The van der Waals surface area contributed by atoms with Crippen molar-refractivity contribution in [3.05, 3.63) is 53.3 Å². The van der Waals surface area contributed by atoms with Crippen molar-refractivity contribution >= 4 is 5.97 Å². The van der Waals surface area contributed by atoms with Crippen LogP contribution in [0.4, 0.5) is 0 Å². The summed E-state index contributed by atoms with van der Waals surface area (Å²) < 4.78 is 5.57. The Kier molecular flexibility index (Phi) is 3.44. The van der Waals surface area contributed by atoms with Crippen LogP contribution >= 0.6 is 0 Å². The third-order valence-electron chi connectivity index (χ3n) is 2.55. The molecule has 0 atom stereocenters. The highest BCUT2D eigenvalue weighted by atomic mass is 16.5. The highest BCUT2D eigenvalue weighted by molar-refractivity contribution is 5.90. The first-order valence-electron chi connectivity index (χ1n) is 5.47. The van der Waals surface area contributed by atoms with Crippen LogP contribution in [0, 0.1) is 18.3 Å². The van der Waals surface area contributed by atoms with E-state index in [0.717, 1.165) is 5.56 Å². The predicted octanol–water partition coefficient (Wildman–Crippen LogP) is 2.75. The number of hydrogen-bond donors (Lipinski definition) is 1. The molecule has 1 aromatic heterocycles. The fraction of sp³-hybridized carbons (Fsp3) is 0.0714. The van der Waals surface area contributed by atoms with Crippen LogP contribution in [-0.4, -0.2) is 16.1 Å². The van der Waals surface area contributed by atoms with E-state index in [1.165, 1.54) is 18.5 Å². The van der Waals surface area contributed by atoms with E-state index in [9.17, 15) is 4.79 Å². The lowest BCUT2D eigenvalue weighted by Crippen LogP contribution is -2.01. The molecule has 0 saturated heterocycles. The monoisotopic (exact) mass is 254 g/mol. The lowest BCUT2D eigenvalue weighted by Gasteiger charge is -2.10. The summed E-state index contributed by atoms with van der Waals surface area (Å²) in [5, 5.41) is 17.9. The first-order chi connectivity index (χ1) is 9.11. The fourth-order valence-electron chi connectivity index (χ4n) is 1.53. The molecule has 0 aliphatic rings. The minimum Gasteiger partial charge on any atom is -0.477 e. The van der Waals surface area contributed by atoms with Gasteiger partial charge in [0.1, 0.15) is 17.1 Å². The van der Waals surface area contributed by atoms with Crippen LogP contribution in [0.2, 0.25) is 0 Å². The number of benzene rings is 1. The molecule has 2 aromatic rings. The number of hydrogen-bond acceptors (Lipinski definition) is 4. The highest BCUT2D eigenvalue weighted by Gasteiger charge is 2.13. The average molecular weight is 254 g/mol. The smallest absolute Gasteiger partial charge is 0.341 e. The van der Waals surface area contributed by atoms with Crippen molar-refractivity contribution in [3.63, 3.8) is 0 Å². The Bertz CT molecular complexity index is 675. The van der Waals surface area contributed by atoms with E-state index < -0.39 is 5.97 Å². The molecule has 1 heterocycles. The Hall–Kier alpha value is -2.87. The third-order valence-corrected chi connectivity index (χ3v) is 2.55. The Morgan fingerprint density at radius 2 is 2.16 bits per heavy atom. The molecule has 5 nitrogen and oxygen atoms in total. The van der Waals surface area contributed by atoms with Crippen LogP contribution in [0.25, 0.3) is 0 Å². The van der Waals surface area contributed by atoms with Gasteiger partial charge in [0.2, 0.25) is 0 Å². The zero-order valence-electron chi connectivity index (χ0n) is 10.1. The number of aromatic nitrogens is 1. The molecule has 19 heavy (non-hydrogen) atoms. The summed E-state index contributed by atoms with van der Waals surface area (Å²) in [4.78, 5) is 14.8. The first kappa shape index (κ1) is 12.6. The van der Waals surface area contributed by atoms with Gasteiger partial charge in [-0.15, -0.1) is 0 Å². The maximum absolute atomic E-state index is 11.0. The van der Waals surface area contributed by atoms with E-state index in [1.807, 2.05) is 13.0 Å². The molecule has 1 N–H and O–H groups in total. The molecule has 0 aliphatic heterocycles. The second-order valence-corrected chi connectivity index (χ2v) is 3.87. The molecule has 0 aliphatic carbocycles. The third kappa shape index (κ3) is 2.69. The standard InChI is InChI=1S/C14H10N2O3/c1-9-2-3-10(7-15)6-13(9)19-12-4-5-16-8-11(12)14(17)18/h2-6,8H,1H3,(H,17,18). The maximum Gasteiger partial charge on any atom is 0.341 e. The number of nitrogens with zero attached hydrogens (tertiary/aromatic N) is 2. The number of ether oxygens (including phenoxy) is 1. The summed E-state index contributed by atoms with van der Waals surface area (Å²) in [5.74, 6) is -0.467. The van der Waals surface area contributed by atoms with Crippen molar-refractivity contribution < 1.29 is 14.6 Å². The number of rotatable bonds is 3. The summed E-state index contributed by atoms with van der Waals surface area (Å²) in [6, 6.07) is 8.47. The van der Waals surface area contributed by atoms with Crippen LogP contribution in [0.3, 0.4) is 0 Å². The van der Waals surface area contributed by atoms with E-state index >= 15 is 0 Å². The van der Waals surface area contributed by atoms with Crippen molar-refractivity contribution in [1.29, 1.82) is 5.26 Å². The number of carboxylic acids is 1. The zero-order chi connectivity index (χ0) is 13.8. The summed E-state index contributed by atoms with van der Waals surface area (Å²) in [5.41, 5.74) is 1.24. The van der Waals surface area contributed by atoms with E-state index in [4.69, 9.17) is 15.1 Å². The molecule has 0 bridgehead atoms. The van der Waals surface area contributed by atoms with Gasteiger partial charge in [-0.1, -0.05) is 6.07 Å². The number of aromatic carboxylic acids is 1. The van der Waals surface area contributed by atoms with Gasteiger partial charge in [-0.2, -0.15) is 5.26 Å². The van der Waals surface area contributed by atoms with Crippen molar-refractivity contribution in [2.45, 2.75) is 6.92 Å². The molecular formula is C14H10N2O3. The number of carbonyl (C=O) groups is 1. The molecule has 0 saturated carbocycles. The topological polar surface area (TPSA) is 83.2 Å². The van der Waals surface area contributed by atoms with Gasteiger partial charge in [-0.25, -0.2) is 4.79 Å². The molecule has 0 fully saturated rings. The molecule has 2 rings (SSSR count). The van der Waals surface area contributed by atoms with Crippen LogP contribution in [0.5, 0.6) is 11.5 Å². The highest BCUT2D eigenvalue weighted by Crippen LogP contribution is 2.28. The van der Waals surface area contributed by atoms with E-state index in [2.05, 4.69) is 4.98 Å². The SMILES string of the molecule is Cc1ccc(C#N)cc1Oc1ccncc1C(=O)O. The van der Waals surface area contributed by atoms with Gasteiger partial charge in [-0.3, -0.25) is 4.98 Å². The lowest BCUT2D eigenvalue weighted by molar-refractivity contribution is 0.0693. The van der Waals surface area contributed by atoms with Gasteiger partial charge in [0.05, 0.1) is 11.6 Å².